The van der Waals surface area contributed by atoms with Crippen LogP contribution in [-0.2, 0) is 9.47 Å². The van der Waals surface area contributed by atoms with Gasteiger partial charge in [-0.1, -0.05) is 23.3 Å². The molecule has 2 rings (SSSR count). The third-order valence-electron chi connectivity index (χ3n) is 3.32. The lowest BCUT2D eigenvalue weighted by atomic mass is 10.1. The predicted octanol–water partition coefficient (Wildman–Crippen LogP) is 3.24. The van der Waals surface area contributed by atoms with Crippen LogP contribution in [0.3, 0.4) is 0 Å². The van der Waals surface area contributed by atoms with E-state index in [4.69, 9.17) is 19.7 Å². The van der Waals surface area contributed by atoms with E-state index in [1.807, 2.05) is 24.3 Å². The molecule has 6 nitrogen and oxygen atoms in total. The molecule has 1 aliphatic rings. The Labute approximate surface area is 118 Å². The number of rotatable bonds is 6. The van der Waals surface area contributed by atoms with Crippen molar-refractivity contribution in [3.63, 3.8) is 0 Å². The monoisotopic (exact) mass is 277 g/mol. The first-order valence-electron chi connectivity index (χ1n) is 6.72. The summed E-state index contributed by atoms with van der Waals surface area (Å²) in [7, 11) is 1.62. The molecular formula is C14H19N3O3. The van der Waals surface area contributed by atoms with Crippen molar-refractivity contribution in [2.45, 2.75) is 25.0 Å². The number of nitrogens with zero attached hydrogens (tertiary/aromatic N) is 3. The van der Waals surface area contributed by atoms with Gasteiger partial charge >= 0.3 is 0 Å². The summed E-state index contributed by atoms with van der Waals surface area (Å²) < 4.78 is 16.8. The summed E-state index contributed by atoms with van der Waals surface area (Å²) in [5.41, 5.74) is 9.46. The normalized spacial score (nSPS) is 17.2. The molecule has 1 aliphatic heterocycles. The highest BCUT2D eigenvalue weighted by atomic mass is 16.5. The van der Waals surface area contributed by atoms with Crippen LogP contribution >= 0.6 is 0 Å². The highest BCUT2D eigenvalue weighted by Crippen LogP contribution is 2.30. The maximum Gasteiger partial charge on any atom is 0.124 e. The van der Waals surface area contributed by atoms with E-state index in [-0.39, 0.29) is 18.8 Å². The van der Waals surface area contributed by atoms with Crippen LogP contribution in [0.4, 0.5) is 0 Å². The quantitative estimate of drug-likeness (QED) is 0.455. The van der Waals surface area contributed by atoms with Gasteiger partial charge in [-0.15, -0.1) is 0 Å². The van der Waals surface area contributed by atoms with Crippen molar-refractivity contribution in [3.8, 4) is 5.75 Å². The molecule has 20 heavy (non-hydrogen) atoms. The third kappa shape index (κ3) is 3.87. The molecule has 0 N–H and O–H groups in total. The molecule has 0 unspecified atom stereocenters. The van der Waals surface area contributed by atoms with Gasteiger partial charge in [-0.3, -0.25) is 0 Å². The lowest BCUT2D eigenvalue weighted by molar-refractivity contribution is -0.0670. The van der Waals surface area contributed by atoms with Crippen molar-refractivity contribution >= 4 is 0 Å². The molecule has 1 atom stereocenters. The Kier molecular flexibility index (Phi) is 5.68. The summed E-state index contributed by atoms with van der Waals surface area (Å²) in [6.07, 6.45) is 1.57. The summed E-state index contributed by atoms with van der Waals surface area (Å²) in [4.78, 5) is 2.83. The molecular weight excluding hydrogens is 258 g/mol. The van der Waals surface area contributed by atoms with Gasteiger partial charge in [0.2, 0.25) is 0 Å². The largest absolute Gasteiger partial charge is 0.496 e. The third-order valence-corrected chi connectivity index (χ3v) is 3.32. The fourth-order valence-electron chi connectivity index (χ4n) is 2.30. The van der Waals surface area contributed by atoms with Gasteiger partial charge in [-0.05, 0) is 24.4 Å². The minimum atomic E-state index is -0.287. The Bertz CT molecular complexity index is 468. The van der Waals surface area contributed by atoms with Gasteiger partial charge in [0, 0.05) is 23.7 Å². The molecule has 0 aliphatic carbocycles. The molecule has 0 bridgehead atoms. The number of para-hydroxylation sites is 1. The molecule has 0 spiro atoms. The number of methoxy groups -OCH3 is 1. The number of benzene rings is 1. The van der Waals surface area contributed by atoms with E-state index in [9.17, 15) is 0 Å². The van der Waals surface area contributed by atoms with E-state index in [0.29, 0.717) is 13.2 Å². The predicted molar refractivity (Wildman–Crippen MR) is 74.7 cm³/mol. The molecule has 1 aromatic carbocycles. The van der Waals surface area contributed by atoms with Gasteiger partial charge in [-0.25, -0.2) is 0 Å². The van der Waals surface area contributed by atoms with Crippen molar-refractivity contribution in [1.29, 1.82) is 0 Å². The van der Waals surface area contributed by atoms with Crippen molar-refractivity contribution in [1.82, 2.24) is 0 Å². The highest BCUT2D eigenvalue weighted by Gasteiger charge is 2.22. The smallest absolute Gasteiger partial charge is 0.124 e. The molecule has 6 heteroatoms. The van der Waals surface area contributed by atoms with Gasteiger partial charge in [-0.2, -0.15) is 0 Å². The Morgan fingerprint density at radius 2 is 2.15 bits per heavy atom. The molecule has 1 saturated heterocycles. The van der Waals surface area contributed by atoms with Crippen LogP contribution in [-0.4, -0.2) is 33.0 Å². The van der Waals surface area contributed by atoms with Crippen LogP contribution in [0, 0.1) is 0 Å². The molecule has 0 saturated carbocycles. The van der Waals surface area contributed by atoms with Crippen LogP contribution in [0.25, 0.3) is 10.4 Å². The molecule has 0 radical (unpaired) electrons. The fraction of sp³-hybridized carbons (Fsp3) is 0.571. The average Bonchev–Trinajstić information content (AvgIpc) is 2.52. The fourth-order valence-corrected chi connectivity index (χ4v) is 2.30. The number of hydrogen-bond donors (Lipinski definition) is 0. The van der Waals surface area contributed by atoms with Crippen molar-refractivity contribution in [2.75, 3.05) is 26.9 Å². The summed E-state index contributed by atoms with van der Waals surface area (Å²) in [5, 5.41) is 3.66. The number of hydrogen-bond acceptors (Lipinski definition) is 4. The minimum absolute atomic E-state index is 0.132. The topological polar surface area (TPSA) is 76.5 Å². The second-order valence-corrected chi connectivity index (χ2v) is 4.59. The lowest BCUT2D eigenvalue weighted by Gasteiger charge is -2.28. The first-order chi connectivity index (χ1) is 9.85. The zero-order valence-electron chi connectivity index (χ0n) is 11.6. The van der Waals surface area contributed by atoms with E-state index in [2.05, 4.69) is 10.0 Å². The first-order valence-corrected chi connectivity index (χ1v) is 6.72. The maximum atomic E-state index is 8.55. The highest BCUT2D eigenvalue weighted by molar-refractivity contribution is 5.35. The second-order valence-electron chi connectivity index (χ2n) is 4.59. The van der Waals surface area contributed by atoms with E-state index < -0.39 is 0 Å². The first kappa shape index (κ1) is 14.7. The SMILES string of the molecule is COc1ccccc1[C@H](CN=[N+]=[N-])OC1CCOCC1. The molecule has 0 amide bonds. The lowest BCUT2D eigenvalue weighted by Crippen LogP contribution is -2.26. The Balaban J connectivity index is 2.14. The Morgan fingerprint density at radius 3 is 2.85 bits per heavy atom. The van der Waals surface area contributed by atoms with Crippen molar-refractivity contribution < 1.29 is 14.2 Å². The zero-order valence-corrected chi connectivity index (χ0v) is 11.6. The van der Waals surface area contributed by atoms with Crippen LogP contribution in [0.2, 0.25) is 0 Å². The molecule has 1 heterocycles. The maximum absolute atomic E-state index is 8.55. The van der Waals surface area contributed by atoms with E-state index in [1.54, 1.807) is 7.11 Å². The number of ether oxygens (including phenoxy) is 3. The average molecular weight is 277 g/mol. The van der Waals surface area contributed by atoms with Crippen LogP contribution in [0.1, 0.15) is 24.5 Å². The number of azide groups is 1. The van der Waals surface area contributed by atoms with Crippen molar-refractivity contribution in [3.05, 3.63) is 40.3 Å². The molecule has 1 aromatic rings. The van der Waals surface area contributed by atoms with Crippen LogP contribution < -0.4 is 4.74 Å². The van der Waals surface area contributed by atoms with E-state index in [1.165, 1.54) is 0 Å². The standard InChI is InChI=1S/C14H19N3O3/c1-18-13-5-3-2-4-12(13)14(10-16-17-15)20-11-6-8-19-9-7-11/h2-5,11,14H,6-10H2,1H3/t14-/m0/s1. The van der Waals surface area contributed by atoms with Crippen LogP contribution in [0.5, 0.6) is 5.75 Å². The zero-order chi connectivity index (χ0) is 14.2. The van der Waals surface area contributed by atoms with Crippen LogP contribution in [0.15, 0.2) is 29.4 Å². The van der Waals surface area contributed by atoms with Gasteiger partial charge < -0.3 is 14.2 Å². The minimum Gasteiger partial charge on any atom is -0.496 e. The van der Waals surface area contributed by atoms with Crippen molar-refractivity contribution in [2.24, 2.45) is 5.11 Å². The Hall–Kier alpha value is -1.75. The van der Waals surface area contributed by atoms with Gasteiger partial charge in [0.15, 0.2) is 0 Å². The summed E-state index contributed by atoms with van der Waals surface area (Å²) in [6, 6.07) is 7.65. The summed E-state index contributed by atoms with van der Waals surface area (Å²) in [5.74, 6) is 0.748. The van der Waals surface area contributed by atoms with Gasteiger partial charge in [0.25, 0.3) is 0 Å². The molecule has 1 fully saturated rings. The summed E-state index contributed by atoms with van der Waals surface area (Å²) >= 11 is 0. The second kappa shape index (κ2) is 7.75. The molecule has 0 aromatic heterocycles. The van der Waals surface area contributed by atoms with E-state index >= 15 is 0 Å². The molecule has 108 valence electrons. The van der Waals surface area contributed by atoms with E-state index in [0.717, 1.165) is 24.2 Å². The van der Waals surface area contributed by atoms with Gasteiger partial charge in [0.1, 0.15) is 5.75 Å². The Morgan fingerprint density at radius 1 is 1.40 bits per heavy atom. The van der Waals surface area contributed by atoms with Gasteiger partial charge in [0.05, 0.1) is 25.9 Å². The summed E-state index contributed by atoms with van der Waals surface area (Å²) in [6.45, 7) is 1.68.